The third-order valence-electron chi connectivity index (χ3n) is 3.59. The smallest absolute Gasteiger partial charge is 0.122 e. The van der Waals surface area contributed by atoms with Crippen molar-refractivity contribution in [2.75, 3.05) is 12.1 Å². The molecule has 1 atom stereocenters. The van der Waals surface area contributed by atoms with Crippen LogP contribution in [0.4, 0.5) is 5.69 Å². The SMILES string of the molecule is COc1ccc([C@H]2CC(N)=NN2c2ccc(Cl)cc2Cl)cc1. The average Bonchev–Trinajstić information content (AvgIpc) is 2.89. The van der Waals surface area contributed by atoms with Gasteiger partial charge in [0, 0.05) is 11.4 Å². The molecule has 22 heavy (non-hydrogen) atoms. The number of rotatable bonds is 3. The molecule has 3 rings (SSSR count). The van der Waals surface area contributed by atoms with Crippen LogP contribution in [0.15, 0.2) is 47.6 Å². The van der Waals surface area contributed by atoms with E-state index in [1.54, 1.807) is 19.2 Å². The van der Waals surface area contributed by atoms with Crippen molar-refractivity contribution in [2.45, 2.75) is 12.5 Å². The molecule has 0 unspecified atom stereocenters. The van der Waals surface area contributed by atoms with Crippen molar-refractivity contribution in [3.05, 3.63) is 58.1 Å². The number of benzene rings is 2. The van der Waals surface area contributed by atoms with Gasteiger partial charge in [0.2, 0.25) is 0 Å². The molecule has 2 aromatic carbocycles. The predicted octanol–water partition coefficient (Wildman–Crippen LogP) is 4.23. The second-order valence-electron chi connectivity index (χ2n) is 5.02. The van der Waals surface area contributed by atoms with Gasteiger partial charge < -0.3 is 10.5 Å². The fourth-order valence-electron chi connectivity index (χ4n) is 2.51. The first-order valence-electron chi connectivity index (χ1n) is 6.79. The number of nitrogens with two attached hydrogens (primary N) is 1. The van der Waals surface area contributed by atoms with Gasteiger partial charge in [0.15, 0.2) is 0 Å². The third kappa shape index (κ3) is 2.85. The summed E-state index contributed by atoms with van der Waals surface area (Å²) in [4.78, 5) is 0. The first kappa shape index (κ1) is 15.0. The van der Waals surface area contributed by atoms with Crippen molar-refractivity contribution in [2.24, 2.45) is 10.8 Å². The lowest BCUT2D eigenvalue weighted by atomic mass is 10.0. The monoisotopic (exact) mass is 335 g/mol. The largest absolute Gasteiger partial charge is 0.497 e. The van der Waals surface area contributed by atoms with Crippen LogP contribution in [-0.2, 0) is 0 Å². The number of methoxy groups -OCH3 is 1. The zero-order chi connectivity index (χ0) is 15.7. The Labute approximate surface area is 139 Å². The number of halogens is 2. The van der Waals surface area contributed by atoms with E-state index in [1.165, 1.54) is 0 Å². The van der Waals surface area contributed by atoms with E-state index in [9.17, 15) is 0 Å². The average molecular weight is 336 g/mol. The summed E-state index contributed by atoms with van der Waals surface area (Å²) in [6.45, 7) is 0. The Morgan fingerprint density at radius 2 is 1.91 bits per heavy atom. The first-order valence-corrected chi connectivity index (χ1v) is 7.55. The highest BCUT2D eigenvalue weighted by Crippen LogP contribution is 2.39. The van der Waals surface area contributed by atoms with Gasteiger partial charge in [-0.1, -0.05) is 35.3 Å². The molecular formula is C16H15Cl2N3O. The molecule has 0 saturated heterocycles. The number of nitrogens with zero attached hydrogens (tertiary/aromatic N) is 2. The molecule has 0 spiro atoms. The predicted molar refractivity (Wildman–Crippen MR) is 90.9 cm³/mol. The number of amidine groups is 1. The summed E-state index contributed by atoms with van der Waals surface area (Å²) in [5, 5.41) is 7.40. The molecule has 0 aromatic heterocycles. The minimum atomic E-state index is 0.00424. The molecule has 4 nitrogen and oxygen atoms in total. The fraction of sp³-hybridized carbons (Fsp3) is 0.188. The molecule has 2 aromatic rings. The molecule has 1 aliphatic heterocycles. The van der Waals surface area contributed by atoms with Crippen LogP contribution in [0.3, 0.4) is 0 Å². The topological polar surface area (TPSA) is 50.9 Å². The Bertz CT molecular complexity index is 716. The quantitative estimate of drug-likeness (QED) is 0.913. The van der Waals surface area contributed by atoms with E-state index in [2.05, 4.69) is 5.10 Å². The number of ether oxygens (including phenoxy) is 1. The second-order valence-corrected chi connectivity index (χ2v) is 5.87. The van der Waals surface area contributed by atoms with Gasteiger partial charge in [0.1, 0.15) is 11.6 Å². The second kappa shape index (κ2) is 6.07. The maximum Gasteiger partial charge on any atom is 0.122 e. The molecule has 114 valence electrons. The van der Waals surface area contributed by atoms with Gasteiger partial charge in [0.05, 0.1) is 23.9 Å². The Morgan fingerprint density at radius 3 is 2.55 bits per heavy atom. The molecule has 0 bridgehead atoms. The Kier molecular flexibility index (Phi) is 4.14. The van der Waals surface area contributed by atoms with Crippen molar-refractivity contribution in [1.82, 2.24) is 0 Å². The maximum atomic E-state index is 6.30. The molecule has 0 amide bonds. The van der Waals surface area contributed by atoms with Crippen LogP contribution in [0.5, 0.6) is 5.75 Å². The number of hydrogen-bond donors (Lipinski definition) is 1. The van der Waals surface area contributed by atoms with Gasteiger partial charge in [-0.05, 0) is 35.9 Å². The summed E-state index contributed by atoms with van der Waals surface area (Å²) >= 11 is 12.3. The Balaban J connectivity index is 1.96. The van der Waals surface area contributed by atoms with E-state index in [4.69, 9.17) is 33.7 Å². The van der Waals surface area contributed by atoms with Crippen LogP contribution in [0.1, 0.15) is 18.0 Å². The van der Waals surface area contributed by atoms with Crippen LogP contribution in [0, 0.1) is 0 Å². The minimum Gasteiger partial charge on any atom is -0.497 e. The highest BCUT2D eigenvalue weighted by Gasteiger charge is 2.29. The molecule has 0 aliphatic carbocycles. The molecular weight excluding hydrogens is 321 g/mol. The lowest BCUT2D eigenvalue weighted by molar-refractivity contribution is 0.414. The number of hydrogen-bond acceptors (Lipinski definition) is 4. The summed E-state index contributed by atoms with van der Waals surface area (Å²) in [5.41, 5.74) is 7.82. The van der Waals surface area contributed by atoms with Gasteiger partial charge in [-0.15, -0.1) is 0 Å². The van der Waals surface area contributed by atoms with E-state index < -0.39 is 0 Å². The summed E-state index contributed by atoms with van der Waals surface area (Å²) in [7, 11) is 1.64. The van der Waals surface area contributed by atoms with Crippen LogP contribution in [-0.4, -0.2) is 12.9 Å². The lowest BCUT2D eigenvalue weighted by Crippen LogP contribution is -2.19. The van der Waals surface area contributed by atoms with Gasteiger partial charge in [-0.3, -0.25) is 5.01 Å². The van der Waals surface area contributed by atoms with E-state index in [0.717, 1.165) is 17.0 Å². The van der Waals surface area contributed by atoms with Crippen molar-refractivity contribution < 1.29 is 4.74 Å². The van der Waals surface area contributed by atoms with Crippen molar-refractivity contribution in [3.63, 3.8) is 0 Å². The molecule has 0 fully saturated rings. The van der Waals surface area contributed by atoms with Crippen LogP contribution in [0.2, 0.25) is 10.0 Å². The Hall–Kier alpha value is -1.91. The van der Waals surface area contributed by atoms with Gasteiger partial charge in [-0.25, -0.2) is 0 Å². The van der Waals surface area contributed by atoms with Crippen molar-refractivity contribution >= 4 is 34.7 Å². The van der Waals surface area contributed by atoms with Gasteiger partial charge >= 0.3 is 0 Å². The zero-order valence-corrected chi connectivity index (χ0v) is 13.5. The van der Waals surface area contributed by atoms with Crippen molar-refractivity contribution in [3.8, 4) is 5.75 Å². The number of anilines is 1. The zero-order valence-electron chi connectivity index (χ0n) is 12.0. The standard InChI is InChI=1S/C16H15Cl2N3O/c1-22-12-5-2-10(3-6-12)15-9-16(19)20-21(15)14-7-4-11(17)8-13(14)18/h2-8,15H,9H2,1H3,(H2,19,20)/t15-/m1/s1. The molecule has 0 radical (unpaired) electrons. The summed E-state index contributed by atoms with van der Waals surface area (Å²) in [5.74, 6) is 1.39. The molecule has 2 N–H and O–H groups in total. The maximum absolute atomic E-state index is 6.30. The number of hydrazone groups is 1. The van der Waals surface area contributed by atoms with Gasteiger partial charge in [0.25, 0.3) is 0 Å². The highest BCUT2D eigenvalue weighted by molar-refractivity contribution is 6.36. The lowest BCUT2D eigenvalue weighted by Gasteiger charge is -2.24. The molecule has 1 aliphatic rings. The van der Waals surface area contributed by atoms with E-state index in [0.29, 0.717) is 22.3 Å². The van der Waals surface area contributed by atoms with E-state index >= 15 is 0 Å². The third-order valence-corrected chi connectivity index (χ3v) is 4.13. The van der Waals surface area contributed by atoms with E-state index in [1.807, 2.05) is 35.3 Å². The van der Waals surface area contributed by atoms with E-state index in [-0.39, 0.29) is 6.04 Å². The fourth-order valence-corrected chi connectivity index (χ4v) is 3.00. The first-order chi connectivity index (χ1) is 10.6. The van der Waals surface area contributed by atoms with Gasteiger partial charge in [-0.2, -0.15) is 5.10 Å². The highest BCUT2D eigenvalue weighted by atomic mass is 35.5. The summed E-state index contributed by atoms with van der Waals surface area (Å²) in [6.07, 6.45) is 0.644. The molecule has 0 saturated carbocycles. The van der Waals surface area contributed by atoms with Crippen LogP contribution >= 0.6 is 23.2 Å². The summed E-state index contributed by atoms with van der Waals surface area (Å²) in [6, 6.07) is 13.2. The minimum absolute atomic E-state index is 0.00424. The summed E-state index contributed by atoms with van der Waals surface area (Å²) < 4.78 is 5.19. The van der Waals surface area contributed by atoms with Crippen LogP contribution < -0.4 is 15.5 Å². The molecule has 1 heterocycles. The Morgan fingerprint density at radius 1 is 1.18 bits per heavy atom. The van der Waals surface area contributed by atoms with Crippen molar-refractivity contribution in [1.29, 1.82) is 0 Å². The van der Waals surface area contributed by atoms with Crippen LogP contribution in [0.25, 0.3) is 0 Å². The molecule has 6 heteroatoms. The normalized spacial score (nSPS) is 17.5.